The third-order valence-corrected chi connectivity index (χ3v) is 2.24. The predicted octanol–water partition coefficient (Wildman–Crippen LogP) is 2.63. The van der Waals surface area contributed by atoms with Gasteiger partial charge in [-0.15, -0.1) is 0 Å². The number of halogens is 1. The molecule has 2 nitrogen and oxygen atoms in total. The lowest BCUT2D eigenvalue weighted by Crippen LogP contribution is -2.07. The fourth-order valence-corrected chi connectivity index (χ4v) is 1.53. The number of pyridine rings is 1. The first-order chi connectivity index (χ1) is 5.77. The molecule has 12 heavy (non-hydrogen) atoms. The second kappa shape index (κ2) is 2.83. The summed E-state index contributed by atoms with van der Waals surface area (Å²) in [6, 6.07) is 3.86. The van der Waals surface area contributed by atoms with E-state index in [1.165, 1.54) is 0 Å². The van der Waals surface area contributed by atoms with Gasteiger partial charge in [0.05, 0.1) is 11.4 Å². The van der Waals surface area contributed by atoms with Crippen LogP contribution in [0.2, 0.25) is 0 Å². The number of nitrogens with one attached hydrogen (secondary N) is 1. The van der Waals surface area contributed by atoms with Crippen LogP contribution in [0.3, 0.4) is 0 Å². The van der Waals surface area contributed by atoms with Gasteiger partial charge >= 0.3 is 0 Å². The van der Waals surface area contributed by atoms with Gasteiger partial charge in [0.2, 0.25) is 0 Å². The van der Waals surface area contributed by atoms with Gasteiger partial charge in [-0.1, -0.05) is 18.2 Å². The second-order valence-electron chi connectivity index (χ2n) is 2.66. The number of fused-ring (bicyclic) bond motifs is 1. The van der Waals surface area contributed by atoms with Gasteiger partial charge in [-0.05, 0) is 22.0 Å². The highest BCUT2D eigenvalue weighted by Gasteiger charge is 2.10. The van der Waals surface area contributed by atoms with E-state index in [2.05, 4.69) is 20.9 Å². The Bertz CT molecular complexity index is 369. The van der Waals surface area contributed by atoms with E-state index < -0.39 is 0 Å². The molecule has 0 unspecified atom stereocenters. The van der Waals surface area contributed by atoms with Gasteiger partial charge in [-0.3, -0.25) is 0 Å². The fraction of sp³-hybridized carbons (Fsp3) is 0.111. The van der Waals surface area contributed by atoms with E-state index in [0.29, 0.717) is 12.1 Å². The second-order valence-corrected chi connectivity index (χ2v) is 3.47. The first-order valence-electron chi connectivity index (χ1n) is 3.68. The number of rotatable bonds is 0. The number of aromatic nitrogens is 1. The van der Waals surface area contributed by atoms with Crippen LogP contribution in [0.5, 0.6) is 0 Å². The van der Waals surface area contributed by atoms with Crippen LogP contribution in [0.25, 0.3) is 6.08 Å². The van der Waals surface area contributed by atoms with Gasteiger partial charge in [0.1, 0.15) is 4.60 Å². The highest BCUT2D eigenvalue weighted by molar-refractivity contribution is 9.10. The highest BCUT2D eigenvalue weighted by atomic mass is 79.9. The topological polar surface area (TPSA) is 36.7 Å². The van der Waals surface area contributed by atoms with Crippen molar-refractivity contribution in [2.45, 2.75) is 6.42 Å². The van der Waals surface area contributed by atoms with Crippen molar-refractivity contribution in [1.29, 1.82) is 5.41 Å². The van der Waals surface area contributed by atoms with Gasteiger partial charge in [0.15, 0.2) is 0 Å². The lowest BCUT2D eigenvalue weighted by molar-refractivity contribution is 1.18. The summed E-state index contributed by atoms with van der Waals surface area (Å²) < 4.78 is 0.793. The molecule has 3 heteroatoms. The summed E-state index contributed by atoms with van der Waals surface area (Å²) in [6.45, 7) is 0. The Kier molecular flexibility index (Phi) is 1.81. The van der Waals surface area contributed by atoms with Gasteiger partial charge in [-0.25, -0.2) is 4.98 Å². The van der Waals surface area contributed by atoms with Crippen molar-refractivity contribution in [3.8, 4) is 0 Å². The minimum Gasteiger partial charge on any atom is -0.303 e. The van der Waals surface area contributed by atoms with Crippen LogP contribution in [0.4, 0.5) is 0 Å². The molecule has 2 rings (SSSR count). The Morgan fingerprint density at radius 1 is 1.42 bits per heavy atom. The average molecular weight is 223 g/mol. The molecular weight excluding hydrogens is 216 g/mol. The van der Waals surface area contributed by atoms with E-state index >= 15 is 0 Å². The summed E-state index contributed by atoms with van der Waals surface area (Å²) >= 11 is 3.29. The molecule has 60 valence electrons. The van der Waals surface area contributed by atoms with E-state index in [4.69, 9.17) is 5.41 Å². The molecule has 0 saturated carbocycles. The first kappa shape index (κ1) is 7.68. The monoisotopic (exact) mass is 222 g/mol. The largest absolute Gasteiger partial charge is 0.303 e. The molecule has 0 saturated heterocycles. The maximum Gasteiger partial charge on any atom is 0.106 e. The summed E-state index contributed by atoms with van der Waals surface area (Å²) in [6.07, 6.45) is 4.68. The van der Waals surface area contributed by atoms with Gasteiger partial charge < -0.3 is 5.41 Å². The SMILES string of the molecule is N=C1CC=Cc2ccc(Br)nc21. The smallest absolute Gasteiger partial charge is 0.106 e. The van der Waals surface area contributed by atoms with E-state index in [9.17, 15) is 0 Å². The summed E-state index contributed by atoms with van der Waals surface area (Å²) in [7, 11) is 0. The van der Waals surface area contributed by atoms with Crippen molar-refractivity contribution >= 4 is 27.7 Å². The lowest BCUT2D eigenvalue weighted by Gasteiger charge is -2.09. The zero-order chi connectivity index (χ0) is 8.55. The molecule has 1 aliphatic carbocycles. The van der Waals surface area contributed by atoms with Crippen molar-refractivity contribution < 1.29 is 0 Å². The molecule has 1 aliphatic rings. The van der Waals surface area contributed by atoms with E-state index in [1.54, 1.807) is 0 Å². The third kappa shape index (κ3) is 1.20. The Morgan fingerprint density at radius 3 is 3.08 bits per heavy atom. The van der Waals surface area contributed by atoms with Crippen molar-refractivity contribution in [3.05, 3.63) is 34.1 Å². The molecule has 0 bridgehead atoms. The summed E-state index contributed by atoms with van der Waals surface area (Å²) in [5, 5.41) is 7.63. The molecule has 0 aromatic carbocycles. The molecule has 0 amide bonds. The van der Waals surface area contributed by atoms with Crippen molar-refractivity contribution in [2.24, 2.45) is 0 Å². The number of hydrogen-bond donors (Lipinski definition) is 1. The van der Waals surface area contributed by atoms with Crippen LogP contribution >= 0.6 is 15.9 Å². The molecule has 1 aromatic heterocycles. The number of hydrogen-bond acceptors (Lipinski definition) is 2. The molecule has 1 N–H and O–H groups in total. The van der Waals surface area contributed by atoms with Crippen molar-refractivity contribution in [2.75, 3.05) is 0 Å². The van der Waals surface area contributed by atoms with Crippen molar-refractivity contribution in [1.82, 2.24) is 4.98 Å². The van der Waals surface area contributed by atoms with Gasteiger partial charge in [0, 0.05) is 12.0 Å². The molecule has 0 atom stereocenters. The first-order valence-corrected chi connectivity index (χ1v) is 4.47. The third-order valence-electron chi connectivity index (χ3n) is 1.80. The molecule has 0 radical (unpaired) electrons. The van der Waals surface area contributed by atoms with Crippen LogP contribution in [0.1, 0.15) is 17.7 Å². The van der Waals surface area contributed by atoms with Crippen LogP contribution in [-0.2, 0) is 0 Å². The standard InChI is InChI=1S/C9H7BrN2/c10-8-5-4-6-2-1-3-7(11)9(6)12-8/h1-2,4-5,11H,3H2. The molecule has 0 spiro atoms. The van der Waals surface area contributed by atoms with Crippen LogP contribution in [0, 0.1) is 5.41 Å². The van der Waals surface area contributed by atoms with Crippen LogP contribution in [0.15, 0.2) is 22.8 Å². The molecule has 1 aromatic rings. The minimum absolute atomic E-state index is 0.591. The van der Waals surface area contributed by atoms with Gasteiger partial charge in [0.25, 0.3) is 0 Å². The molecule has 0 fully saturated rings. The van der Waals surface area contributed by atoms with E-state index in [-0.39, 0.29) is 0 Å². The quantitative estimate of drug-likeness (QED) is 0.674. The molecule has 1 heterocycles. The zero-order valence-electron chi connectivity index (χ0n) is 6.34. The predicted molar refractivity (Wildman–Crippen MR) is 52.4 cm³/mol. The summed E-state index contributed by atoms with van der Waals surface area (Å²) in [5.41, 5.74) is 2.43. The summed E-state index contributed by atoms with van der Waals surface area (Å²) in [5.74, 6) is 0. The van der Waals surface area contributed by atoms with E-state index in [0.717, 1.165) is 15.9 Å². The maximum absolute atomic E-state index is 7.63. The minimum atomic E-state index is 0.591. The van der Waals surface area contributed by atoms with Crippen LogP contribution in [-0.4, -0.2) is 10.7 Å². The number of allylic oxidation sites excluding steroid dienone is 1. The highest BCUT2D eigenvalue weighted by Crippen LogP contribution is 2.19. The lowest BCUT2D eigenvalue weighted by atomic mass is 10.0. The number of nitrogens with zero attached hydrogens (tertiary/aromatic N) is 1. The Hall–Kier alpha value is -0.960. The average Bonchev–Trinajstić information content (AvgIpc) is 2.07. The van der Waals surface area contributed by atoms with Crippen molar-refractivity contribution in [3.63, 3.8) is 0 Å². The Labute approximate surface area is 79.0 Å². The zero-order valence-corrected chi connectivity index (χ0v) is 7.93. The summed E-state index contributed by atoms with van der Waals surface area (Å²) in [4.78, 5) is 4.24. The Balaban J connectivity index is 2.63. The maximum atomic E-state index is 7.63. The Morgan fingerprint density at radius 2 is 2.25 bits per heavy atom. The van der Waals surface area contributed by atoms with E-state index in [1.807, 2.05) is 24.3 Å². The molecular formula is C9H7BrN2. The molecule has 0 aliphatic heterocycles. The normalized spacial score (nSPS) is 14.6. The van der Waals surface area contributed by atoms with Gasteiger partial charge in [-0.2, -0.15) is 0 Å². The van der Waals surface area contributed by atoms with Crippen LogP contribution < -0.4 is 0 Å². The fourth-order valence-electron chi connectivity index (χ4n) is 1.22.